The molecule has 0 spiro atoms. The number of ether oxygens (including phenoxy) is 1. The molecular weight excluding hydrogens is 128 g/mol. The molecule has 0 saturated carbocycles. The van der Waals surface area contributed by atoms with Crippen LogP contribution in [0.4, 0.5) is 0 Å². The molecule has 60 valence electrons. The van der Waals surface area contributed by atoms with E-state index in [0.717, 1.165) is 13.0 Å². The number of hydrogen-bond acceptors (Lipinski definition) is 2. The zero-order valence-electron chi connectivity index (χ0n) is 6.55. The van der Waals surface area contributed by atoms with Crippen LogP contribution in [0.3, 0.4) is 0 Å². The van der Waals surface area contributed by atoms with Crippen LogP contribution in [0, 0.1) is 5.92 Å². The average molecular weight is 144 g/mol. The second-order valence-electron chi connectivity index (χ2n) is 3.06. The van der Waals surface area contributed by atoms with Crippen LogP contribution in [0.5, 0.6) is 0 Å². The quantitative estimate of drug-likeness (QED) is 0.630. The normalized spacial score (nSPS) is 30.0. The first-order valence-electron chi connectivity index (χ1n) is 4.07. The molecule has 2 nitrogen and oxygen atoms in total. The third-order valence-electron chi connectivity index (χ3n) is 2.14. The van der Waals surface area contributed by atoms with Gasteiger partial charge in [-0.2, -0.15) is 0 Å². The number of aliphatic hydroxyl groups is 1. The lowest BCUT2D eigenvalue weighted by Crippen LogP contribution is -2.28. The summed E-state index contributed by atoms with van der Waals surface area (Å²) in [6.45, 7) is 3.18. The van der Waals surface area contributed by atoms with E-state index in [2.05, 4.69) is 0 Å². The molecule has 2 atom stereocenters. The van der Waals surface area contributed by atoms with Crippen molar-refractivity contribution >= 4 is 0 Å². The smallest absolute Gasteiger partial charge is 0.0622 e. The average Bonchev–Trinajstić information content (AvgIpc) is 2.05. The summed E-state index contributed by atoms with van der Waals surface area (Å²) in [5.74, 6) is 0.320. The van der Waals surface area contributed by atoms with Gasteiger partial charge in [-0.15, -0.1) is 0 Å². The predicted octanol–water partition coefficient (Wildman–Crippen LogP) is 1.18. The molecule has 0 aliphatic carbocycles. The Balaban J connectivity index is 2.24. The molecule has 0 aromatic rings. The number of rotatable bonds is 2. The van der Waals surface area contributed by atoms with Gasteiger partial charge in [-0.25, -0.2) is 0 Å². The first-order chi connectivity index (χ1) is 4.84. The van der Waals surface area contributed by atoms with Crippen LogP contribution in [0.15, 0.2) is 0 Å². The molecule has 0 radical (unpaired) electrons. The Hall–Kier alpha value is -0.0800. The summed E-state index contributed by atoms with van der Waals surface area (Å²) in [7, 11) is 0. The van der Waals surface area contributed by atoms with Gasteiger partial charge in [0.1, 0.15) is 0 Å². The molecule has 1 aliphatic heterocycles. The Morgan fingerprint density at radius 3 is 2.90 bits per heavy atom. The maximum absolute atomic E-state index is 8.81. The molecule has 0 unspecified atom stereocenters. The molecule has 1 N–H and O–H groups in total. The Bertz CT molecular complexity index is 87.3. The van der Waals surface area contributed by atoms with E-state index in [0.29, 0.717) is 12.0 Å². The largest absolute Gasteiger partial charge is 0.396 e. The molecule has 1 aliphatic rings. The molecule has 10 heavy (non-hydrogen) atoms. The summed E-state index contributed by atoms with van der Waals surface area (Å²) in [6, 6.07) is 0. The molecule has 1 heterocycles. The molecule has 0 amide bonds. The molecule has 0 aromatic carbocycles. The maximum Gasteiger partial charge on any atom is 0.0622 e. The third kappa shape index (κ3) is 1.96. The van der Waals surface area contributed by atoms with Crippen molar-refractivity contribution in [2.24, 2.45) is 5.92 Å². The summed E-state index contributed by atoms with van der Waals surface area (Å²) in [5, 5.41) is 8.81. The fraction of sp³-hybridized carbons (Fsp3) is 1.00. The van der Waals surface area contributed by atoms with E-state index in [9.17, 15) is 0 Å². The van der Waals surface area contributed by atoms with Crippen molar-refractivity contribution < 1.29 is 9.84 Å². The third-order valence-corrected chi connectivity index (χ3v) is 2.14. The van der Waals surface area contributed by atoms with Gasteiger partial charge in [-0.05, 0) is 19.3 Å². The van der Waals surface area contributed by atoms with Gasteiger partial charge in [0, 0.05) is 19.1 Å². The van der Waals surface area contributed by atoms with Crippen LogP contribution in [0.25, 0.3) is 0 Å². The predicted molar refractivity (Wildman–Crippen MR) is 39.8 cm³/mol. The van der Waals surface area contributed by atoms with E-state index in [1.54, 1.807) is 0 Å². The fourth-order valence-electron chi connectivity index (χ4n) is 1.33. The van der Waals surface area contributed by atoms with Gasteiger partial charge in [0.15, 0.2) is 0 Å². The van der Waals surface area contributed by atoms with Gasteiger partial charge in [0.05, 0.1) is 6.10 Å². The molecule has 0 bridgehead atoms. The molecule has 1 saturated heterocycles. The van der Waals surface area contributed by atoms with Crippen molar-refractivity contribution in [2.45, 2.75) is 32.3 Å². The zero-order chi connectivity index (χ0) is 7.40. The van der Waals surface area contributed by atoms with Crippen molar-refractivity contribution in [2.75, 3.05) is 13.2 Å². The Kier molecular flexibility index (Phi) is 3.16. The highest BCUT2D eigenvalue weighted by Crippen LogP contribution is 2.19. The van der Waals surface area contributed by atoms with Gasteiger partial charge in [0.2, 0.25) is 0 Å². The Labute approximate surface area is 62.2 Å². The molecule has 1 rings (SSSR count). The summed E-state index contributed by atoms with van der Waals surface area (Å²) >= 11 is 0. The minimum absolute atomic E-state index is 0.255. The molecular formula is C8H16O2. The Morgan fingerprint density at radius 2 is 2.40 bits per heavy atom. The summed E-state index contributed by atoms with van der Waals surface area (Å²) in [5.41, 5.74) is 0. The van der Waals surface area contributed by atoms with Crippen molar-refractivity contribution in [3.8, 4) is 0 Å². The van der Waals surface area contributed by atoms with Crippen LogP contribution < -0.4 is 0 Å². The van der Waals surface area contributed by atoms with Crippen molar-refractivity contribution in [1.29, 1.82) is 0 Å². The second kappa shape index (κ2) is 3.94. The van der Waals surface area contributed by atoms with Gasteiger partial charge in [-0.1, -0.05) is 6.92 Å². The monoisotopic (exact) mass is 144 g/mol. The minimum Gasteiger partial charge on any atom is -0.396 e. The van der Waals surface area contributed by atoms with Crippen molar-refractivity contribution in [3.63, 3.8) is 0 Å². The number of hydrogen-bond donors (Lipinski definition) is 1. The van der Waals surface area contributed by atoms with Crippen LogP contribution in [0.2, 0.25) is 0 Å². The van der Waals surface area contributed by atoms with Crippen LogP contribution in [-0.2, 0) is 4.74 Å². The minimum atomic E-state index is 0.255. The lowest BCUT2D eigenvalue weighted by Gasteiger charge is -2.26. The van der Waals surface area contributed by atoms with Gasteiger partial charge in [0.25, 0.3) is 0 Å². The number of aliphatic hydroxyl groups excluding tert-OH is 1. The summed E-state index contributed by atoms with van der Waals surface area (Å²) < 4.78 is 5.47. The van der Waals surface area contributed by atoms with Crippen molar-refractivity contribution in [3.05, 3.63) is 0 Å². The zero-order valence-corrected chi connectivity index (χ0v) is 6.55. The van der Waals surface area contributed by atoms with Gasteiger partial charge < -0.3 is 9.84 Å². The van der Waals surface area contributed by atoms with Crippen molar-refractivity contribution in [1.82, 2.24) is 0 Å². The van der Waals surface area contributed by atoms with E-state index in [4.69, 9.17) is 9.84 Å². The van der Waals surface area contributed by atoms with E-state index in [1.807, 2.05) is 6.92 Å². The highest BCUT2D eigenvalue weighted by atomic mass is 16.5. The van der Waals surface area contributed by atoms with Crippen LogP contribution in [-0.4, -0.2) is 24.4 Å². The van der Waals surface area contributed by atoms with Gasteiger partial charge >= 0.3 is 0 Å². The van der Waals surface area contributed by atoms with E-state index in [1.165, 1.54) is 12.8 Å². The standard InChI is InChI=1S/C8H16O2/c1-7(6-9)8-4-2-3-5-10-8/h7-9H,2-6H2,1H3/t7-,8-/m1/s1. The first kappa shape index (κ1) is 8.02. The first-order valence-corrected chi connectivity index (χ1v) is 4.07. The van der Waals surface area contributed by atoms with Crippen LogP contribution >= 0.6 is 0 Å². The molecule has 2 heteroatoms. The molecule has 0 aromatic heterocycles. The lowest BCUT2D eigenvalue weighted by atomic mass is 9.98. The second-order valence-corrected chi connectivity index (χ2v) is 3.06. The van der Waals surface area contributed by atoms with E-state index < -0.39 is 0 Å². The van der Waals surface area contributed by atoms with Gasteiger partial charge in [-0.3, -0.25) is 0 Å². The summed E-state index contributed by atoms with van der Waals surface area (Å²) in [4.78, 5) is 0. The highest BCUT2D eigenvalue weighted by Gasteiger charge is 2.19. The Morgan fingerprint density at radius 1 is 1.60 bits per heavy atom. The fourth-order valence-corrected chi connectivity index (χ4v) is 1.33. The summed E-state index contributed by atoms with van der Waals surface area (Å²) in [6.07, 6.45) is 3.89. The van der Waals surface area contributed by atoms with E-state index >= 15 is 0 Å². The highest BCUT2D eigenvalue weighted by molar-refractivity contribution is 4.68. The SMILES string of the molecule is C[C@H](CO)[C@H]1CCCCO1. The lowest BCUT2D eigenvalue weighted by molar-refractivity contribution is -0.0298. The topological polar surface area (TPSA) is 29.5 Å². The maximum atomic E-state index is 8.81. The van der Waals surface area contributed by atoms with E-state index in [-0.39, 0.29) is 6.61 Å². The molecule has 1 fully saturated rings. The van der Waals surface area contributed by atoms with Crippen LogP contribution in [0.1, 0.15) is 26.2 Å².